The Bertz CT molecular complexity index is 42.1. The molecule has 1 aliphatic heterocycles. The van der Waals surface area contributed by atoms with Crippen molar-refractivity contribution in [2.24, 2.45) is 0 Å². The van der Waals surface area contributed by atoms with Gasteiger partial charge in [0.05, 0.1) is 18.4 Å². The van der Waals surface area contributed by atoms with Crippen molar-refractivity contribution in [1.29, 1.82) is 0 Å². The van der Waals surface area contributed by atoms with E-state index < -0.39 is 0 Å². The van der Waals surface area contributed by atoms with Crippen LogP contribution in [0.1, 0.15) is 0 Å². The number of hydrogen-bond donors (Lipinski definition) is 0. The Labute approximate surface area is 44.9 Å². The predicted octanol–water partition coefficient (Wildman–Crippen LogP) is -1.05. The molecule has 1 heterocycles. The van der Waals surface area contributed by atoms with E-state index in [2.05, 4.69) is 0 Å². The molecule has 0 amide bonds. The molecule has 1 aliphatic rings. The van der Waals surface area contributed by atoms with Crippen molar-refractivity contribution in [3.8, 4) is 0 Å². The van der Waals surface area contributed by atoms with E-state index in [9.17, 15) is 0 Å². The number of ether oxygens (including phenoxy) is 2. The van der Waals surface area contributed by atoms with Crippen molar-refractivity contribution in [2.45, 2.75) is 5.15 Å². The summed E-state index contributed by atoms with van der Waals surface area (Å²) in [5.74, 6) is 0. The molecule has 0 aromatic carbocycles. The first-order valence-corrected chi connectivity index (χ1v) is 3.28. The van der Waals surface area contributed by atoms with Gasteiger partial charge in [-0.25, -0.2) is 0 Å². The molecular weight excluding hydrogens is 95.0 g/mol. The standard InChI is InChI=1S/C3H5O2.Al.2H/c1-2-5-3-4-1;;;/h3H,1-2H2;;;. The maximum Gasteiger partial charge on any atom is 0.303 e. The Morgan fingerprint density at radius 3 is 2.00 bits per heavy atom. The third-order valence-corrected chi connectivity index (χ3v) is 1.46. The fourth-order valence-electron chi connectivity index (χ4n) is 0.476. The van der Waals surface area contributed by atoms with E-state index in [1.807, 2.05) is 0 Å². The topological polar surface area (TPSA) is 18.5 Å². The Balaban J connectivity index is 2.18. The van der Waals surface area contributed by atoms with Gasteiger partial charge in [-0.15, -0.1) is 0 Å². The van der Waals surface area contributed by atoms with Gasteiger partial charge in [0.15, 0.2) is 0 Å². The fraction of sp³-hybridized carbons (Fsp3) is 1.00. The van der Waals surface area contributed by atoms with Gasteiger partial charge in [-0.3, -0.25) is 0 Å². The Morgan fingerprint density at radius 1 is 1.33 bits per heavy atom. The highest BCUT2D eigenvalue weighted by Crippen LogP contribution is 1.96. The highest BCUT2D eigenvalue weighted by molar-refractivity contribution is 6.10. The van der Waals surface area contributed by atoms with Gasteiger partial charge in [0.25, 0.3) is 0 Å². The third kappa shape index (κ3) is 0.956. The maximum atomic E-state index is 4.99. The minimum Gasteiger partial charge on any atom is -0.366 e. The Morgan fingerprint density at radius 2 is 1.83 bits per heavy atom. The van der Waals surface area contributed by atoms with Gasteiger partial charge < -0.3 is 9.47 Å². The molecule has 1 saturated heterocycles. The molecule has 6 heavy (non-hydrogen) atoms. The highest BCUT2D eigenvalue weighted by atomic mass is 27.0. The number of rotatable bonds is 0. The lowest BCUT2D eigenvalue weighted by Gasteiger charge is -1.95. The van der Waals surface area contributed by atoms with Crippen LogP contribution >= 0.6 is 0 Å². The first-order valence-electron chi connectivity index (χ1n) is 2.13. The van der Waals surface area contributed by atoms with Crippen molar-refractivity contribution in [2.75, 3.05) is 13.2 Å². The van der Waals surface area contributed by atoms with Crippen LogP contribution in [-0.4, -0.2) is 34.7 Å². The lowest BCUT2D eigenvalue weighted by molar-refractivity contribution is 0.0270. The molecule has 0 unspecified atom stereocenters. The molecule has 2 nitrogen and oxygen atoms in total. The van der Waals surface area contributed by atoms with Crippen LogP contribution in [0.5, 0.6) is 0 Å². The van der Waals surface area contributed by atoms with E-state index in [1.54, 1.807) is 0 Å². The first-order chi connectivity index (χ1) is 2.89. The van der Waals surface area contributed by atoms with E-state index in [-0.39, 0.29) is 5.15 Å². The van der Waals surface area contributed by atoms with E-state index in [0.29, 0.717) is 0 Å². The maximum absolute atomic E-state index is 4.99. The number of hydrogen-bond acceptors (Lipinski definition) is 2. The zero-order valence-corrected chi connectivity index (χ0v) is 5.81. The highest BCUT2D eigenvalue weighted by Gasteiger charge is 2.06. The molecule has 0 aromatic rings. The van der Waals surface area contributed by atoms with Gasteiger partial charge in [0, 0.05) is 0 Å². The van der Waals surface area contributed by atoms with Gasteiger partial charge in [-0.05, 0) is 0 Å². The average molecular weight is 102 g/mol. The summed E-state index contributed by atoms with van der Waals surface area (Å²) in [7, 11) is 0. The normalized spacial score (nSPS) is 25.3. The second kappa shape index (κ2) is 1.95. The molecule has 0 aromatic heterocycles. The first kappa shape index (κ1) is 4.61. The molecule has 0 atom stereocenters. The molecule has 1 fully saturated rings. The van der Waals surface area contributed by atoms with Crippen LogP contribution in [0.15, 0.2) is 0 Å². The van der Waals surface area contributed by atoms with Crippen molar-refractivity contribution in [3.05, 3.63) is 0 Å². The summed E-state index contributed by atoms with van der Waals surface area (Å²) < 4.78 is 9.98. The monoisotopic (exact) mass is 102 g/mol. The Kier molecular flexibility index (Phi) is 1.49. The zero-order chi connectivity index (χ0) is 4.41. The minimum absolute atomic E-state index is 0.185. The molecule has 3 heteroatoms. The molecular formula is C3H7AlO2. The third-order valence-electron chi connectivity index (χ3n) is 0.788. The molecule has 0 aliphatic carbocycles. The lowest BCUT2D eigenvalue weighted by atomic mass is 10.8. The Hall–Kier alpha value is 0.452. The summed E-state index contributed by atoms with van der Waals surface area (Å²) in [5, 5.41) is 0.185. The van der Waals surface area contributed by atoms with E-state index in [1.165, 1.54) is 0 Å². The smallest absolute Gasteiger partial charge is 0.303 e. The second-order valence-corrected chi connectivity index (χ2v) is 2.25. The van der Waals surface area contributed by atoms with Crippen LogP contribution in [0.4, 0.5) is 0 Å². The van der Waals surface area contributed by atoms with Crippen LogP contribution in [0.25, 0.3) is 0 Å². The molecule has 0 bridgehead atoms. The second-order valence-electron chi connectivity index (χ2n) is 1.31. The van der Waals surface area contributed by atoms with Gasteiger partial charge >= 0.3 is 16.3 Å². The zero-order valence-electron chi connectivity index (χ0n) is 3.81. The summed E-state index contributed by atoms with van der Waals surface area (Å²) >= 11 is 1.01. The molecule has 0 radical (unpaired) electrons. The summed E-state index contributed by atoms with van der Waals surface area (Å²) in [6, 6.07) is 0. The summed E-state index contributed by atoms with van der Waals surface area (Å²) in [5.41, 5.74) is 0. The summed E-state index contributed by atoms with van der Waals surface area (Å²) in [4.78, 5) is 0. The van der Waals surface area contributed by atoms with Gasteiger partial charge in [-0.1, -0.05) is 0 Å². The summed E-state index contributed by atoms with van der Waals surface area (Å²) in [6.07, 6.45) is 0. The van der Waals surface area contributed by atoms with Crippen LogP contribution in [-0.2, 0) is 9.47 Å². The van der Waals surface area contributed by atoms with E-state index in [4.69, 9.17) is 9.47 Å². The molecule has 34 valence electrons. The van der Waals surface area contributed by atoms with E-state index in [0.717, 1.165) is 29.5 Å². The van der Waals surface area contributed by atoms with Gasteiger partial charge in [-0.2, -0.15) is 0 Å². The molecule has 0 spiro atoms. The van der Waals surface area contributed by atoms with Crippen molar-refractivity contribution in [1.82, 2.24) is 0 Å². The van der Waals surface area contributed by atoms with E-state index >= 15 is 0 Å². The van der Waals surface area contributed by atoms with Gasteiger partial charge in [0.2, 0.25) is 0 Å². The van der Waals surface area contributed by atoms with Gasteiger partial charge in [0.1, 0.15) is 0 Å². The molecule has 0 saturated carbocycles. The lowest BCUT2D eigenvalue weighted by Crippen LogP contribution is -2.04. The van der Waals surface area contributed by atoms with Crippen LogP contribution in [0, 0.1) is 0 Å². The average Bonchev–Trinajstić information content (AvgIpc) is 1.86. The van der Waals surface area contributed by atoms with Crippen molar-refractivity contribution in [3.63, 3.8) is 0 Å². The van der Waals surface area contributed by atoms with Crippen molar-refractivity contribution >= 4 is 16.3 Å². The SMILES string of the molecule is [AlH2][CH]1OCCO1. The van der Waals surface area contributed by atoms with Crippen LogP contribution in [0.3, 0.4) is 0 Å². The molecule has 1 rings (SSSR count). The minimum atomic E-state index is 0.185. The summed E-state index contributed by atoms with van der Waals surface area (Å²) in [6.45, 7) is 1.60. The fourth-order valence-corrected chi connectivity index (χ4v) is 0.948. The quantitative estimate of drug-likeness (QED) is 0.363. The van der Waals surface area contributed by atoms with Crippen LogP contribution in [0.2, 0.25) is 0 Å². The van der Waals surface area contributed by atoms with Crippen molar-refractivity contribution < 1.29 is 9.47 Å². The molecule has 0 N–H and O–H groups in total. The largest absolute Gasteiger partial charge is 0.366 e. The van der Waals surface area contributed by atoms with Crippen LogP contribution < -0.4 is 0 Å². The predicted molar refractivity (Wildman–Crippen MR) is 24.2 cm³/mol.